The van der Waals surface area contributed by atoms with Crippen LogP contribution in [0, 0.1) is 0 Å². The van der Waals surface area contributed by atoms with Gasteiger partial charge in [-0.1, -0.05) is 218 Å². The van der Waals surface area contributed by atoms with E-state index in [0.29, 0.717) is 52.0 Å². The molecule has 18 heteroatoms. The summed E-state index contributed by atoms with van der Waals surface area (Å²) in [6.45, 7) is 0. The Morgan fingerprint density at radius 1 is 0.310 bits per heavy atom. The summed E-state index contributed by atoms with van der Waals surface area (Å²) in [4.78, 5) is 44.3. The molecule has 0 radical (unpaired) electrons. The predicted molar refractivity (Wildman–Crippen MR) is 451 cm³/mol. The van der Waals surface area contributed by atoms with E-state index in [9.17, 15) is 8.42 Å². The van der Waals surface area contributed by atoms with Crippen LogP contribution in [0.5, 0.6) is 5.75 Å². The number of aromatic nitrogens is 13. The van der Waals surface area contributed by atoms with Gasteiger partial charge >= 0.3 is 0 Å². The molecule has 8 heterocycles. The van der Waals surface area contributed by atoms with Crippen molar-refractivity contribution in [1.29, 1.82) is 0 Å². The number of nitrogens with zero attached hydrogens (tertiary/aromatic N) is 11. The summed E-state index contributed by atoms with van der Waals surface area (Å²) in [5.74, 6) is 3.90. The van der Waals surface area contributed by atoms with Gasteiger partial charge in [0, 0.05) is 93.4 Å². The van der Waals surface area contributed by atoms with Gasteiger partial charge in [-0.2, -0.15) is 18.4 Å². The Morgan fingerprint density at radius 3 is 1.19 bits per heavy atom. The molecule has 536 valence electrons. The molecule has 0 unspecified atom stereocenters. The zero-order valence-corrected chi connectivity index (χ0v) is 61.4. The van der Waals surface area contributed by atoms with Gasteiger partial charge in [0.15, 0.2) is 11.6 Å². The minimum atomic E-state index is -4.02. The van der Waals surface area contributed by atoms with Crippen molar-refractivity contribution in [1.82, 2.24) is 63.1 Å². The van der Waals surface area contributed by atoms with Gasteiger partial charge < -0.3 is 23.8 Å². The van der Waals surface area contributed by atoms with E-state index in [1.807, 2.05) is 60.7 Å². The first-order chi connectivity index (χ1) is 55.7. The Morgan fingerprint density at radius 2 is 0.708 bits per heavy atom. The molecule has 0 aliphatic rings. The zero-order chi connectivity index (χ0) is 75.2. The third-order valence-electron chi connectivity index (χ3n) is 21.9. The van der Waals surface area contributed by atoms with Gasteiger partial charge in [0.05, 0.1) is 75.3 Å². The lowest BCUT2D eigenvalue weighted by molar-refractivity contribution is 0.398. The van der Waals surface area contributed by atoms with E-state index in [-0.39, 0.29) is 4.90 Å². The highest BCUT2D eigenvalue weighted by molar-refractivity contribution is 7.87. The molecule has 0 fully saturated rings. The first kappa shape index (κ1) is 65.1. The molecule has 0 saturated carbocycles. The van der Waals surface area contributed by atoms with E-state index in [1.54, 1.807) is 19.2 Å². The highest BCUT2D eigenvalue weighted by Crippen LogP contribution is 2.46. The smallest absolute Gasteiger partial charge is 0.298 e. The Hall–Kier alpha value is -15.0. The molecule has 22 aromatic rings. The van der Waals surface area contributed by atoms with Gasteiger partial charge in [0.2, 0.25) is 11.9 Å². The number of imidazole rings is 2. The maximum Gasteiger partial charge on any atom is 0.298 e. The van der Waals surface area contributed by atoms with E-state index < -0.39 is 10.1 Å². The number of rotatable bonds is 14. The van der Waals surface area contributed by atoms with Gasteiger partial charge in [-0.25, -0.2) is 24.9 Å². The fraction of sp³-hybridized carbons (Fsp3) is 0.0211. The molecule has 0 atom stereocenters. The van der Waals surface area contributed by atoms with Crippen LogP contribution in [0.4, 0.5) is 0 Å². The lowest BCUT2D eigenvalue weighted by Crippen LogP contribution is -2.07. The molecule has 14 aromatic carbocycles. The molecule has 17 nitrogen and oxygen atoms in total. The highest BCUT2D eigenvalue weighted by Gasteiger charge is 2.28. The molecule has 0 amide bonds. The number of fused-ring (bicyclic) bond motifs is 16. The first-order valence-corrected chi connectivity index (χ1v) is 38.5. The molecular weight excluding hydrogens is 1420 g/mol. The Labute approximate surface area is 644 Å². The Bertz CT molecular complexity index is 7710. The minimum Gasteiger partial charge on any atom is -0.494 e. The number of H-pyrrole nitrogens is 2. The van der Waals surface area contributed by atoms with Crippen molar-refractivity contribution in [2.75, 3.05) is 14.2 Å². The predicted octanol–water partition coefficient (Wildman–Crippen LogP) is 21.8. The molecule has 0 aliphatic carbocycles. The first-order valence-electron chi connectivity index (χ1n) is 37.1. The average molecular weight is 1480 g/mol. The molecular formula is C95H61N13O4S. The summed E-state index contributed by atoms with van der Waals surface area (Å²) >= 11 is 0. The fourth-order valence-electron chi connectivity index (χ4n) is 16.7. The molecule has 113 heavy (non-hydrogen) atoms. The van der Waals surface area contributed by atoms with Crippen molar-refractivity contribution in [3.05, 3.63) is 322 Å². The van der Waals surface area contributed by atoms with Crippen molar-refractivity contribution in [2.45, 2.75) is 4.90 Å². The average Bonchev–Trinajstić information content (AvgIpc) is 1.55. The normalized spacial score (nSPS) is 12.1. The second-order valence-corrected chi connectivity index (χ2v) is 29.8. The molecule has 0 aliphatic heterocycles. The summed E-state index contributed by atoms with van der Waals surface area (Å²) in [5.41, 5.74) is 21.0. The van der Waals surface area contributed by atoms with Gasteiger partial charge in [-0.3, -0.25) is 13.3 Å². The number of benzene rings is 14. The lowest BCUT2D eigenvalue weighted by Gasteiger charge is -2.14. The van der Waals surface area contributed by atoms with Crippen LogP contribution < -0.4 is 4.74 Å². The topological polar surface area (TPSA) is 194 Å². The van der Waals surface area contributed by atoms with E-state index in [1.165, 1.54) is 6.07 Å². The van der Waals surface area contributed by atoms with Gasteiger partial charge in [-0.15, -0.1) is 0 Å². The largest absolute Gasteiger partial charge is 0.494 e. The van der Waals surface area contributed by atoms with Crippen molar-refractivity contribution in [3.8, 4) is 108 Å². The highest BCUT2D eigenvalue weighted by atomic mass is 32.2. The molecule has 0 spiro atoms. The zero-order valence-electron chi connectivity index (χ0n) is 60.6. The van der Waals surface area contributed by atoms with Gasteiger partial charge in [0.1, 0.15) is 38.8 Å². The number of nitrogens with one attached hydrogen (secondary N) is 2. The van der Waals surface area contributed by atoms with Crippen LogP contribution in [0.25, 0.3) is 212 Å². The second kappa shape index (κ2) is 25.6. The Balaban J connectivity index is 0.647. The lowest BCUT2D eigenvalue weighted by atomic mass is 10.0. The molecule has 0 saturated heterocycles. The summed E-state index contributed by atoms with van der Waals surface area (Å²) < 4.78 is 46.1. The second-order valence-electron chi connectivity index (χ2n) is 28.1. The molecule has 2 N–H and O–H groups in total. The van der Waals surface area contributed by atoms with E-state index in [0.717, 1.165) is 173 Å². The third kappa shape index (κ3) is 10.3. The van der Waals surface area contributed by atoms with Crippen molar-refractivity contribution in [3.63, 3.8) is 0 Å². The van der Waals surface area contributed by atoms with Crippen molar-refractivity contribution >= 4 is 119 Å². The number of para-hydroxylation sites is 5. The van der Waals surface area contributed by atoms with E-state index in [2.05, 4.69) is 271 Å². The monoisotopic (exact) mass is 1480 g/mol. The molecule has 8 aromatic heterocycles. The number of aromatic amines is 2. The van der Waals surface area contributed by atoms with Crippen molar-refractivity contribution < 1.29 is 17.3 Å². The summed E-state index contributed by atoms with van der Waals surface area (Å²) in [5, 5.41) is 8.60. The fourth-order valence-corrected chi connectivity index (χ4v) is 17.5. The number of ether oxygens (including phenoxy) is 1. The van der Waals surface area contributed by atoms with Crippen LogP contribution in [0.3, 0.4) is 0 Å². The van der Waals surface area contributed by atoms with Crippen molar-refractivity contribution in [2.24, 2.45) is 0 Å². The maximum absolute atomic E-state index is 13.0. The van der Waals surface area contributed by atoms with Crippen LogP contribution >= 0.6 is 0 Å². The van der Waals surface area contributed by atoms with Crippen LogP contribution in [-0.2, 0) is 14.3 Å². The van der Waals surface area contributed by atoms with Crippen LogP contribution in [-0.4, -0.2) is 85.8 Å². The van der Waals surface area contributed by atoms with E-state index >= 15 is 0 Å². The van der Waals surface area contributed by atoms with Crippen LogP contribution in [0.2, 0.25) is 0 Å². The van der Waals surface area contributed by atoms with Crippen LogP contribution in [0.15, 0.2) is 326 Å². The summed E-state index contributed by atoms with van der Waals surface area (Å²) in [6.07, 6.45) is 0. The SMILES string of the molecule is COc1ccc(-c2ccc(-c3nc(-c4ccccc4)nc(-n4c5ccccc5c5ccc6c7ccccc7n(-c7ccc(-c8nc9c(S(=O)(=O)OC)cccc9[nH]8)cc7)c6c54)n3)cc2)c2nc(-c3ccc(-n4c5ccccc5c5ccc6c7ccccc7n(-c7nc(-c8ccccc8)cc(-c8ccccc8)n7)c6c54)cc3)[nH]c12. The summed E-state index contributed by atoms with van der Waals surface area (Å²) in [6, 6.07) is 110. The van der Waals surface area contributed by atoms with Crippen LogP contribution in [0.1, 0.15) is 0 Å². The number of hydrogen-bond donors (Lipinski definition) is 2. The minimum absolute atomic E-state index is 0.00477. The summed E-state index contributed by atoms with van der Waals surface area (Å²) in [7, 11) is -1.18. The quantitative estimate of drug-likeness (QED) is 0.0984. The third-order valence-corrected chi connectivity index (χ3v) is 23.2. The number of methoxy groups -OCH3 is 1. The Kier molecular flexibility index (Phi) is 14.7. The van der Waals surface area contributed by atoms with E-state index in [4.69, 9.17) is 43.8 Å². The standard InChI is InChI=1S/C95H61N13O4S/c1-111-81-54-53-65(83-85(81)101-91(99-83)62-43-47-64(48-44-62)105-77-32-16-12-27-66(77)70-49-51-72-68-29-14-18-34-79(68)107(88(72)86(70)105)94-97-75(57-21-6-3-7-22-57)55-76(98-94)58-23-8-4-9-24-58)56-37-39-60(40-38-56)93-102-92(59-25-10-5-11-26-59)103-95(104-93)108-80-35-19-15-30-69(80)73-52-50-71-67-28-13-17-33-78(67)106(87(71)89(73)108)63-45-41-61(42-46-63)90-96-74-31-20-36-82(84(74)100-90)113(109,110)112-2/h3-55H,1-2H3,(H,96,100)(H,99,101). The van der Waals surface area contributed by atoms with Gasteiger partial charge in [0.25, 0.3) is 10.1 Å². The molecule has 22 rings (SSSR count). The van der Waals surface area contributed by atoms with Gasteiger partial charge in [-0.05, 0) is 109 Å². The maximum atomic E-state index is 13.0. The number of hydrogen-bond acceptors (Lipinski definition) is 11. The molecule has 0 bridgehead atoms.